The summed E-state index contributed by atoms with van der Waals surface area (Å²) in [7, 11) is 1.28. The Morgan fingerprint density at radius 1 is 1.47 bits per heavy atom. The summed E-state index contributed by atoms with van der Waals surface area (Å²) in [5.41, 5.74) is 1.45. The number of hydrogen-bond donors (Lipinski definition) is 2. The van der Waals surface area contributed by atoms with Gasteiger partial charge in [0.1, 0.15) is 0 Å². The number of H-pyrrole nitrogens is 1. The second kappa shape index (κ2) is 4.30. The third kappa shape index (κ3) is 2.19. The average molecular weight is 232 g/mol. The van der Waals surface area contributed by atoms with Crippen LogP contribution in [0.15, 0.2) is 5.03 Å². The van der Waals surface area contributed by atoms with Crippen LogP contribution in [0.5, 0.6) is 0 Å². The molecule has 7 heteroatoms. The Bertz CT molecular complexity index is 435. The van der Waals surface area contributed by atoms with Gasteiger partial charge in [0.05, 0.1) is 0 Å². The smallest absolute Gasteiger partial charge is 0.262 e. The SMILES string of the molecule is CNCc1c(S(=O)(=O)N(C)C)n[nH]c1C. The molecule has 1 rings (SSSR count). The van der Waals surface area contributed by atoms with Gasteiger partial charge in [-0.15, -0.1) is 0 Å². The van der Waals surface area contributed by atoms with Gasteiger partial charge < -0.3 is 5.32 Å². The van der Waals surface area contributed by atoms with Crippen LogP contribution in [0.2, 0.25) is 0 Å². The number of hydrogen-bond acceptors (Lipinski definition) is 4. The van der Waals surface area contributed by atoms with E-state index in [0.717, 1.165) is 10.00 Å². The Kier molecular flexibility index (Phi) is 3.48. The second-order valence-corrected chi connectivity index (χ2v) is 5.52. The molecule has 0 bridgehead atoms. The molecule has 0 radical (unpaired) electrons. The van der Waals surface area contributed by atoms with Crippen molar-refractivity contribution in [3.05, 3.63) is 11.3 Å². The van der Waals surface area contributed by atoms with Gasteiger partial charge in [0.25, 0.3) is 10.0 Å². The number of nitrogens with zero attached hydrogens (tertiary/aromatic N) is 2. The maximum absolute atomic E-state index is 11.9. The molecule has 0 aliphatic heterocycles. The lowest BCUT2D eigenvalue weighted by Crippen LogP contribution is -2.24. The molecule has 0 aliphatic carbocycles. The van der Waals surface area contributed by atoms with Gasteiger partial charge in [-0.25, -0.2) is 12.7 Å². The fourth-order valence-corrected chi connectivity index (χ4v) is 2.24. The molecule has 0 amide bonds. The van der Waals surface area contributed by atoms with Gasteiger partial charge in [-0.05, 0) is 14.0 Å². The largest absolute Gasteiger partial charge is 0.316 e. The van der Waals surface area contributed by atoms with Crippen LogP contribution in [-0.2, 0) is 16.6 Å². The van der Waals surface area contributed by atoms with Gasteiger partial charge in [-0.2, -0.15) is 5.10 Å². The van der Waals surface area contributed by atoms with Crippen LogP contribution in [0.25, 0.3) is 0 Å². The number of rotatable bonds is 4. The third-order valence-corrected chi connectivity index (χ3v) is 3.90. The minimum atomic E-state index is -3.46. The summed E-state index contributed by atoms with van der Waals surface area (Å²) in [6.07, 6.45) is 0. The first kappa shape index (κ1) is 12.2. The lowest BCUT2D eigenvalue weighted by Gasteiger charge is -2.10. The van der Waals surface area contributed by atoms with E-state index >= 15 is 0 Å². The van der Waals surface area contributed by atoms with Crippen molar-refractivity contribution in [3.63, 3.8) is 0 Å². The molecule has 1 aromatic heterocycles. The Morgan fingerprint density at radius 3 is 2.53 bits per heavy atom. The summed E-state index contributed by atoms with van der Waals surface area (Å²) in [5.74, 6) is 0. The van der Waals surface area contributed by atoms with Crippen molar-refractivity contribution < 1.29 is 8.42 Å². The van der Waals surface area contributed by atoms with E-state index in [1.165, 1.54) is 14.1 Å². The Hall–Kier alpha value is -0.920. The van der Waals surface area contributed by atoms with Crippen molar-refractivity contribution in [2.24, 2.45) is 0 Å². The summed E-state index contributed by atoms with van der Waals surface area (Å²) in [6.45, 7) is 2.28. The quantitative estimate of drug-likeness (QED) is 0.746. The molecule has 6 nitrogen and oxygen atoms in total. The molecule has 0 aromatic carbocycles. The van der Waals surface area contributed by atoms with E-state index in [4.69, 9.17) is 0 Å². The third-order valence-electron chi connectivity index (χ3n) is 2.11. The standard InChI is InChI=1S/C8H16N4O2S/c1-6-7(5-9-2)8(11-10-6)15(13,14)12(3)4/h9H,5H2,1-4H3,(H,10,11). The van der Waals surface area contributed by atoms with Crippen LogP contribution in [0.1, 0.15) is 11.3 Å². The van der Waals surface area contributed by atoms with Crippen LogP contribution in [0.4, 0.5) is 0 Å². The van der Waals surface area contributed by atoms with Gasteiger partial charge in [0.15, 0.2) is 5.03 Å². The molecule has 86 valence electrons. The minimum Gasteiger partial charge on any atom is -0.316 e. The van der Waals surface area contributed by atoms with Gasteiger partial charge >= 0.3 is 0 Å². The molecule has 0 aliphatic rings. The second-order valence-electron chi connectivity index (χ2n) is 3.45. The van der Waals surface area contributed by atoms with E-state index in [1.807, 2.05) is 0 Å². The molecule has 1 heterocycles. The normalized spacial score (nSPS) is 12.3. The predicted octanol–water partition coefficient (Wildman–Crippen LogP) is -0.312. The Morgan fingerprint density at radius 2 is 2.07 bits per heavy atom. The fourth-order valence-electron chi connectivity index (χ4n) is 1.20. The molecule has 0 atom stereocenters. The van der Waals surface area contributed by atoms with Crippen LogP contribution >= 0.6 is 0 Å². The van der Waals surface area contributed by atoms with Crippen molar-refractivity contribution in [2.75, 3.05) is 21.1 Å². The van der Waals surface area contributed by atoms with Crippen LogP contribution < -0.4 is 5.32 Å². The van der Waals surface area contributed by atoms with Gasteiger partial charge in [0.2, 0.25) is 0 Å². The number of aryl methyl sites for hydroxylation is 1. The summed E-state index contributed by atoms with van der Waals surface area (Å²) in [4.78, 5) is 0. The number of aromatic amines is 1. The maximum Gasteiger partial charge on any atom is 0.262 e. The predicted molar refractivity (Wildman–Crippen MR) is 57.0 cm³/mol. The molecule has 2 N–H and O–H groups in total. The molecule has 0 saturated carbocycles. The van der Waals surface area contributed by atoms with Crippen molar-refractivity contribution in [1.82, 2.24) is 19.8 Å². The van der Waals surface area contributed by atoms with Crippen molar-refractivity contribution in [3.8, 4) is 0 Å². The molecular weight excluding hydrogens is 216 g/mol. The molecule has 0 spiro atoms. The summed E-state index contributed by atoms with van der Waals surface area (Å²) < 4.78 is 24.9. The lowest BCUT2D eigenvalue weighted by atomic mass is 10.3. The lowest BCUT2D eigenvalue weighted by molar-refractivity contribution is 0.515. The number of sulfonamides is 1. The summed E-state index contributed by atoms with van der Waals surface area (Å²) in [6, 6.07) is 0. The first-order chi connectivity index (χ1) is 6.91. The zero-order valence-electron chi connectivity index (χ0n) is 9.33. The van der Waals surface area contributed by atoms with Gasteiger partial charge in [0, 0.05) is 31.9 Å². The topological polar surface area (TPSA) is 78.1 Å². The van der Waals surface area contributed by atoms with E-state index in [-0.39, 0.29) is 5.03 Å². The summed E-state index contributed by atoms with van der Waals surface area (Å²) >= 11 is 0. The zero-order valence-corrected chi connectivity index (χ0v) is 10.1. The van der Waals surface area contributed by atoms with E-state index < -0.39 is 10.0 Å². The van der Waals surface area contributed by atoms with Crippen LogP contribution in [0.3, 0.4) is 0 Å². The highest BCUT2D eigenvalue weighted by Crippen LogP contribution is 2.18. The highest BCUT2D eigenvalue weighted by Gasteiger charge is 2.25. The van der Waals surface area contributed by atoms with E-state index in [9.17, 15) is 8.42 Å². The molecule has 0 saturated heterocycles. The fraction of sp³-hybridized carbons (Fsp3) is 0.625. The van der Waals surface area contributed by atoms with Gasteiger partial charge in [-0.1, -0.05) is 0 Å². The first-order valence-corrected chi connectivity index (χ1v) is 5.96. The number of nitrogens with one attached hydrogen (secondary N) is 2. The molecular formula is C8H16N4O2S. The van der Waals surface area contributed by atoms with E-state index in [1.54, 1.807) is 14.0 Å². The molecule has 0 fully saturated rings. The van der Waals surface area contributed by atoms with Crippen molar-refractivity contribution in [1.29, 1.82) is 0 Å². The molecule has 1 aromatic rings. The average Bonchev–Trinajstić information content (AvgIpc) is 2.49. The van der Waals surface area contributed by atoms with Gasteiger partial charge in [-0.3, -0.25) is 5.10 Å². The minimum absolute atomic E-state index is 0.0966. The highest BCUT2D eigenvalue weighted by molar-refractivity contribution is 7.89. The molecule has 0 unspecified atom stereocenters. The molecule has 15 heavy (non-hydrogen) atoms. The zero-order chi connectivity index (χ0) is 11.6. The van der Waals surface area contributed by atoms with Crippen molar-refractivity contribution >= 4 is 10.0 Å². The van der Waals surface area contributed by atoms with Crippen LogP contribution in [0, 0.1) is 6.92 Å². The van der Waals surface area contributed by atoms with Crippen molar-refractivity contribution in [2.45, 2.75) is 18.5 Å². The monoisotopic (exact) mass is 232 g/mol. The number of aromatic nitrogens is 2. The summed E-state index contributed by atoms with van der Waals surface area (Å²) in [5, 5.41) is 9.54. The Labute approximate surface area is 89.7 Å². The van der Waals surface area contributed by atoms with E-state index in [0.29, 0.717) is 12.1 Å². The first-order valence-electron chi connectivity index (χ1n) is 4.52. The van der Waals surface area contributed by atoms with E-state index in [2.05, 4.69) is 15.5 Å². The Balaban J connectivity index is 3.26. The van der Waals surface area contributed by atoms with Crippen LogP contribution in [-0.4, -0.2) is 44.1 Å². The maximum atomic E-state index is 11.9. The highest BCUT2D eigenvalue weighted by atomic mass is 32.2.